The highest BCUT2D eigenvalue weighted by Crippen LogP contribution is 2.30. The van der Waals surface area contributed by atoms with Crippen molar-refractivity contribution in [3.05, 3.63) is 29.4 Å². The van der Waals surface area contributed by atoms with E-state index in [1.165, 1.54) is 7.05 Å². The summed E-state index contributed by atoms with van der Waals surface area (Å²) in [5.41, 5.74) is 0.770. The van der Waals surface area contributed by atoms with Gasteiger partial charge in [-0.1, -0.05) is 11.6 Å². The van der Waals surface area contributed by atoms with E-state index in [9.17, 15) is 8.42 Å². The van der Waals surface area contributed by atoms with Crippen LogP contribution in [0.1, 0.15) is 0 Å². The molecule has 3 rings (SSSR count). The van der Waals surface area contributed by atoms with Crippen LogP contribution < -0.4 is 5.32 Å². The lowest BCUT2D eigenvalue weighted by Crippen LogP contribution is -2.29. The standard InChI is InChI=1S/C15H19ClN4O3S/c1-19(6-7-21)24(22,23)14-9-20(10-15-17-4-5-18-15)13-3-2-11(16)8-12(13)14/h2-3,8-9,21H,4-7,10H2,1H3,(H,17,18). The van der Waals surface area contributed by atoms with Gasteiger partial charge in [0.25, 0.3) is 0 Å². The molecule has 2 aromatic rings. The number of aliphatic hydroxyl groups excluding tert-OH is 1. The molecular weight excluding hydrogens is 352 g/mol. The Bertz CT molecular complexity index is 892. The Labute approximate surface area is 145 Å². The Morgan fingerprint density at radius 3 is 2.92 bits per heavy atom. The van der Waals surface area contributed by atoms with Crippen LogP contribution in [0.2, 0.25) is 5.02 Å². The molecule has 2 heterocycles. The summed E-state index contributed by atoms with van der Waals surface area (Å²) in [7, 11) is -2.28. The van der Waals surface area contributed by atoms with Crippen LogP contribution in [0.15, 0.2) is 34.3 Å². The Morgan fingerprint density at radius 2 is 2.25 bits per heavy atom. The average molecular weight is 371 g/mol. The van der Waals surface area contributed by atoms with E-state index in [1.807, 2.05) is 4.57 Å². The van der Waals surface area contributed by atoms with Gasteiger partial charge < -0.3 is 15.0 Å². The van der Waals surface area contributed by atoms with E-state index in [1.54, 1.807) is 24.4 Å². The molecule has 7 nitrogen and oxygen atoms in total. The summed E-state index contributed by atoms with van der Waals surface area (Å²) < 4.78 is 28.6. The van der Waals surface area contributed by atoms with Gasteiger partial charge in [-0.05, 0) is 18.2 Å². The third kappa shape index (κ3) is 3.14. The molecule has 1 aromatic heterocycles. The molecule has 24 heavy (non-hydrogen) atoms. The maximum Gasteiger partial charge on any atom is 0.245 e. The quantitative estimate of drug-likeness (QED) is 0.791. The van der Waals surface area contributed by atoms with Crippen LogP contribution in [0.3, 0.4) is 0 Å². The number of hydrogen-bond acceptors (Lipinski definition) is 5. The first-order valence-electron chi connectivity index (χ1n) is 7.56. The zero-order chi connectivity index (χ0) is 17.3. The lowest BCUT2D eigenvalue weighted by molar-refractivity contribution is 0.266. The Hall–Kier alpha value is -1.61. The normalized spacial score (nSPS) is 15.1. The lowest BCUT2D eigenvalue weighted by atomic mass is 10.2. The third-order valence-corrected chi connectivity index (χ3v) is 6.09. The molecule has 0 fully saturated rings. The number of benzene rings is 1. The highest BCUT2D eigenvalue weighted by Gasteiger charge is 2.26. The predicted molar refractivity (Wildman–Crippen MR) is 94.2 cm³/mol. The van der Waals surface area contributed by atoms with Gasteiger partial charge in [0, 0.05) is 42.3 Å². The van der Waals surface area contributed by atoms with Crippen molar-refractivity contribution >= 4 is 38.4 Å². The van der Waals surface area contributed by atoms with Gasteiger partial charge in [-0.2, -0.15) is 4.31 Å². The Morgan fingerprint density at radius 1 is 1.46 bits per heavy atom. The molecule has 0 aliphatic carbocycles. The number of nitrogens with one attached hydrogen (secondary N) is 1. The third-order valence-electron chi connectivity index (χ3n) is 3.97. The van der Waals surface area contributed by atoms with Crippen molar-refractivity contribution in [1.82, 2.24) is 14.2 Å². The number of aromatic nitrogens is 1. The number of aliphatic imine (C=N–C) groups is 1. The van der Waals surface area contributed by atoms with Crippen molar-refractivity contribution in [3.8, 4) is 0 Å². The summed E-state index contributed by atoms with van der Waals surface area (Å²) in [6, 6.07) is 5.19. The number of halogens is 1. The van der Waals surface area contributed by atoms with Crippen LogP contribution in [0.5, 0.6) is 0 Å². The van der Waals surface area contributed by atoms with E-state index in [-0.39, 0.29) is 18.0 Å². The summed E-state index contributed by atoms with van der Waals surface area (Å²) in [6.07, 6.45) is 1.60. The molecule has 1 aliphatic rings. The molecule has 0 unspecified atom stereocenters. The number of rotatable bonds is 6. The minimum absolute atomic E-state index is 0.0316. The second-order valence-electron chi connectivity index (χ2n) is 5.59. The average Bonchev–Trinajstić information content (AvgIpc) is 3.16. The van der Waals surface area contributed by atoms with E-state index >= 15 is 0 Å². The molecule has 9 heteroatoms. The molecule has 1 aliphatic heterocycles. The number of amidine groups is 1. The number of aliphatic hydroxyl groups is 1. The Kier molecular flexibility index (Phi) is 4.82. The monoisotopic (exact) mass is 370 g/mol. The topological polar surface area (TPSA) is 86.9 Å². The van der Waals surface area contributed by atoms with Crippen LogP contribution in [-0.4, -0.2) is 61.5 Å². The molecule has 1 aromatic carbocycles. The van der Waals surface area contributed by atoms with Crippen molar-refractivity contribution in [2.24, 2.45) is 4.99 Å². The number of fused-ring (bicyclic) bond motifs is 1. The second-order valence-corrected chi connectivity index (χ2v) is 8.04. The first-order valence-corrected chi connectivity index (χ1v) is 9.38. The fraction of sp³-hybridized carbons (Fsp3) is 0.400. The zero-order valence-electron chi connectivity index (χ0n) is 13.2. The van der Waals surface area contributed by atoms with E-state index in [4.69, 9.17) is 16.7 Å². The largest absolute Gasteiger partial charge is 0.395 e. The van der Waals surface area contributed by atoms with Gasteiger partial charge in [0.15, 0.2) is 0 Å². The minimum Gasteiger partial charge on any atom is -0.395 e. The zero-order valence-corrected chi connectivity index (χ0v) is 14.8. The number of hydrogen-bond donors (Lipinski definition) is 2. The van der Waals surface area contributed by atoms with Gasteiger partial charge in [-0.3, -0.25) is 4.99 Å². The van der Waals surface area contributed by atoms with Gasteiger partial charge in [0.05, 0.1) is 19.7 Å². The van der Waals surface area contributed by atoms with Crippen LogP contribution in [0.4, 0.5) is 0 Å². The van der Waals surface area contributed by atoms with Gasteiger partial charge >= 0.3 is 0 Å². The van der Waals surface area contributed by atoms with Crippen molar-refractivity contribution in [2.45, 2.75) is 11.4 Å². The minimum atomic E-state index is -3.72. The van der Waals surface area contributed by atoms with Crippen LogP contribution in [-0.2, 0) is 16.6 Å². The predicted octanol–water partition coefficient (Wildman–Crippen LogP) is 0.909. The number of sulfonamides is 1. The van der Waals surface area contributed by atoms with Crippen LogP contribution in [0, 0.1) is 0 Å². The van der Waals surface area contributed by atoms with Gasteiger partial charge in [-0.15, -0.1) is 0 Å². The summed E-state index contributed by atoms with van der Waals surface area (Å²) in [5, 5.41) is 13.3. The number of likely N-dealkylation sites (N-methyl/N-ethyl adjacent to an activating group) is 1. The molecule has 0 spiro atoms. The molecule has 0 saturated heterocycles. The van der Waals surface area contributed by atoms with Gasteiger partial charge in [0.2, 0.25) is 10.0 Å². The highest BCUT2D eigenvalue weighted by molar-refractivity contribution is 7.89. The fourth-order valence-electron chi connectivity index (χ4n) is 2.72. The van der Waals surface area contributed by atoms with E-state index in [2.05, 4.69) is 10.3 Å². The SMILES string of the molecule is CN(CCO)S(=O)(=O)c1cn(CC2=NCCN2)c2ccc(Cl)cc12. The van der Waals surface area contributed by atoms with Crippen molar-refractivity contribution in [2.75, 3.05) is 33.3 Å². The Balaban J connectivity index is 2.12. The van der Waals surface area contributed by atoms with Crippen LogP contribution >= 0.6 is 11.6 Å². The summed E-state index contributed by atoms with van der Waals surface area (Å²) in [5.74, 6) is 0.828. The molecule has 0 atom stereocenters. The molecule has 0 radical (unpaired) electrons. The molecule has 0 saturated carbocycles. The summed E-state index contributed by atoms with van der Waals surface area (Å²) in [6.45, 7) is 1.78. The van der Waals surface area contributed by atoms with Crippen molar-refractivity contribution < 1.29 is 13.5 Å². The van der Waals surface area contributed by atoms with Crippen LogP contribution in [0.25, 0.3) is 10.9 Å². The molecule has 0 amide bonds. The van der Waals surface area contributed by atoms with E-state index < -0.39 is 10.0 Å². The van der Waals surface area contributed by atoms with E-state index in [0.29, 0.717) is 17.0 Å². The molecular formula is C15H19ClN4O3S. The highest BCUT2D eigenvalue weighted by atomic mass is 35.5. The van der Waals surface area contributed by atoms with Crippen molar-refractivity contribution in [3.63, 3.8) is 0 Å². The summed E-state index contributed by atoms with van der Waals surface area (Å²) >= 11 is 6.07. The maximum absolute atomic E-state index is 12.8. The van der Waals surface area contributed by atoms with Crippen molar-refractivity contribution in [1.29, 1.82) is 0 Å². The smallest absolute Gasteiger partial charge is 0.245 e. The maximum atomic E-state index is 12.8. The van der Waals surface area contributed by atoms with E-state index in [0.717, 1.165) is 28.7 Å². The summed E-state index contributed by atoms with van der Waals surface area (Å²) in [4.78, 5) is 4.53. The molecule has 0 bridgehead atoms. The molecule has 130 valence electrons. The van der Waals surface area contributed by atoms with Gasteiger partial charge in [-0.25, -0.2) is 8.42 Å². The number of nitrogens with zero attached hydrogens (tertiary/aromatic N) is 3. The second kappa shape index (κ2) is 6.72. The lowest BCUT2D eigenvalue weighted by Gasteiger charge is -2.15. The first kappa shape index (κ1) is 17.2. The first-order chi connectivity index (χ1) is 11.4. The van der Waals surface area contributed by atoms with Gasteiger partial charge in [0.1, 0.15) is 10.7 Å². The molecule has 2 N–H and O–H groups in total. The fourth-order valence-corrected chi connectivity index (χ4v) is 4.25.